The van der Waals surface area contributed by atoms with Gasteiger partial charge in [-0.1, -0.05) is 26.3 Å². The molecule has 0 fully saturated rings. The zero-order valence-electron chi connectivity index (χ0n) is 12.1. The van der Waals surface area contributed by atoms with Gasteiger partial charge in [-0.05, 0) is 25.0 Å². The Hall–Kier alpha value is -1.22. The van der Waals surface area contributed by atoms with Gasteiger partial charge in [0.15, 0.2) is 0 Å². The maximum atomic E-state index is 9.95. The predicted octanol–water partition coefficient (Wildman–Crippen LogP) is 3.23. The minimum atomic E-state index is -0.532. The van der Waals surface area contributed by atoms with E-state index in [4.69, 9.17) is 4.74 Å². The molecule has 2 unspecified atom stereocenters. The standard InChI is InChI=1S/C15H25NO2/c1-6-11(2)10-16(4)13-8-7-9-14(18-5)15(13)12(3)17/h7-9,11-12,17H,6,10H2,1-5H3. The second kappa shape index (κ2) is 6.64. The second-order valence-electron chi connectivity index (χ2n) is 4.96. The van der Waals surface area contributed by atoms with Gasteiger partial charge >= 0.3 is 0 Å². The lowest BCUT2D eigenvalue weighted by molar-refractivity contribution is 0.194. The maximum Gasteiger partial charge on any atom is 0.126 e. The van der Waals surface area contributed by atoms with Crippen molar-refractivity contribution in [2.75, 3.05) is 25.6 Å². The van der Waals surface area contributed by atoms with Crippen molar-refractivity contribution in [2.45, 2.75) is 33.3 Å². The SMILES string of the molecule is CCC(C)CN(C)c1cccc(OC)c1C(C)O. The summed E-state index contributed by atoms with van der Waals surface area (Å²) in [6.07, 6.45) is 0.619. The molecule has 0 heterocycles. The van der Waals surface area contributed by atoms with E-state index >= 15 is 0 Å². The highest BCUT2D eigenvalue weighted by Gasteiger charge is 2.17. The van der Waals surface area contributed by atoms with Gasteiger partial charge in [-0.25, -0.2) is 0 Å². The lowest BCUT2D eigenvalue weighted by atomic mass is 10.0. The molecule has 1 aromatic rings. The van der Waals surface area contributed by atoms with E-state index in [1.807, 2.05) is 18.2 Å². The van der Waals surface area contributed by atoms with Gasteiger partial charge in [0.1, 0.15) is 5.75 Å². The fourth-order valence-electron chi connectivity index (χ4n) is 2.16. The molecule has 0 bridgehead atoms. The minimum absolute atomic E-state index is 0.532. The van der Waals surface area contributed by atoms with Crippen LogP contribution >= 0.6 is 0 Å². The first-order chi connectivity index (χ1) is 8.51. The van der Waals surface area contributed by atoms with E-state index in [1.54, 1.807) is 14.0 Å². The lowest BCUT2D eigenvalue weighted by Gasteiger charge is -2.27. The Balaban J connectivity index is 3.07. The molecule has 18 heavy (non-hydrogen) atoms. The number of hydrogen-bond acceptors (Lipinski definition) is 3. The van der Waals surface area contributed by atoms with Crippen molar-refractivity contribution < 1.29 is 9.84 Å². The quantitative estimate of drug-likeness (QED) is 0.842. The minimum Gasteiger partial charge on any atom is -0.496 e. The third kappa shape index (κ3) is 3.39. The first-order valence-corrected chi connectivity index (χ1v) is 6.57. The summed E-state index contributed by atoms with van der Waals surface area (Å²) in [7, 11) is 3.70. The fourth-order valence-corrected chi connectivity index (χ4v) is 2.16. The first kappa shape index (κ1) is 14.8. The van der Waals surface area contributed by atoms with E-state index in [0.29, 0.717) is 5.92 Å². The van der Waals surface area contributed by atoms with Gasteiger partial charge in [-0.15, -0.1) is 0 Å². The van der Waals surface area contributed by atoms with Crippen LogP contribution in [-0.2, 0) is 0 Å². The molecular formula is C15H25NO2. The number of aliphatic hydroxyl groups excluding tert-OH is 1. The van der Waals surface area contributed by atoms with E-state index < -0.39 is 6.10 Å². The number of hydrogen-bond donors (Lipinski definition) is 1. The van der Waals surface area contributed by atoms with Crippen LogP contribution in [0.25, 0.3) is 0 Å². The molecule has 0 amide bonds. The molecule has 0 aliphatic heterocycles. The Morgan fingerprint density at radius 3 is 2.50 bits per heavy atom. The normalized spacial score (nSPS) is 14.1. The zero-order chi connectivity index (χ0) is 13.7. The van der Waals surface area contributed by atoms with E-state index in [0.717, 1.165) is 30.0 Å². The van der Waals surface area contributed by atoms with Gasteiger partial charge < -0.3 is 14.7 Å². The average Bonchev–Trinajstić information content (AvgIpc) is 2.37. The Morgan fingerprint density at radius 2 is 2.00 bits per heavy atom. The molecule has 0 aliphatic carbocycles. The van der Waals surface area contributed by atoms with Crippen molar-refractivity contribution in [3.8, 4) is 5.75 Å². The smallest absolute Gasteiger partial charge is 0.126 e. The number of ether oxygens (including phenoxy) is 1. The molecule has 2 atom stereocenters. The predicted molar refractivity (Wildman–Crippen MR) is 76.4 cm³/mol. The summed E-state index contributed by atoms with van der Waals surface area (Å²) in [5.74, 6) is 1.38. The van der Waals surface area contributed by atoms with Crippen LogP contribution in [0.2, 0.25) is 0 Å². The molecule has 0 aromatic heterocycles. The molecule has 3 nitrogen and oxygen atoms in total. The molecule has 0 spiro atoms. The summed E-state index contributed by atoms with van der Waals surface area (Å²) in [6.45, 7) is 7.18. The van der Waals surface area contributed by atoms with Crippen LogP contribution in [0.4, 0.5) is 5.69 Å². The Labute approximate surface area is 110 Å². The van der Waals surface area contributed by atoms with E-state index in [2.05, 4.69) is 25.8 Å². The zero-order valence-corrected chi connectivity index (χ0v) is 12.1. The van der Waals surface area contributed by atoms with Crippen LogP contribution in [0, 0.1) is 5.92 Å². The highest BCUT2D eigenvalue weighted by atomic mass is 16.5. The Morgan fingerprint density at radius 1 is 1.33 bits per heavy atom. The Kier molecular flexibility index (Phi) is 5.48. The summed E-state index contributed by atoms with van der Waals surface area (Å²) in [5, 5.41) is 9.95. The van der Waals surface area contributed by atoms with Crippen LogP contribution in [-0.4, -0.2) is 25.8 Å². The van der Waals surface area contributed by atoms with E-state index in [9.17, 15) is 5.11 Å². The van der Waals surface area contributed by atoms with E-state index in [1.165, 1.54) is 0 Å². The highest BCUT2D eigenvalue weighted by Crippen LogP contribution is 2.34. The summed E-state index contributed by atoms with van der Waals surface area (Å²) >= 11 is 0. The number of aliphatic hydroxyl groups is 1. The summed E-state index contributed by atoms with van der Waals surface area (Å²) < 4.78 is 5.34. The Bertz CT molecular complexity index is 377. The number of rotatable bonds is 6. The van der Waals surface area contributed by atoms with Gasteiger partial charge in [-0.3, -0.25) is 0 Å². The molecule has 102 valence electrons. The molecule has 3 heteroatoms. The van der Waals surface area contributed by atoms with E-state index in [-0.39, 0.29) is 0 Å². The molecule has 0 saturated carbocycles. The van der Waals surface area contributed by atoms with Gasteiger partial charge in [0, 0.05) is 24.8 Å². The van der Waals surface area contributed by atoms with Gasteiger partial charge in [-0.2, -0.15) is 0 Å². The van der Waals surface area contributed by atoms with Crippen molar-refractivity contribution in [3.63, 3.8) is 0 Å². The number of benzene rings is 1. The molecule has 1 aromatic carbocycles. The first-order valence-electron chi connectivity index (χ1n) is 6.57. The molecular weight excluding hydrogens is 226 g/mol. The van der Waals surface area contributed by atoms with Crippen LogP contribution in [0.1, 0.15) is 38.9 Å². The number of methoxy groups -OCH3 is 1. The topological polar surface area (TPSA) is 32.7 Å². The second-order valence-corrected chi connectivity index (χ2v) is 4.96. The van der Waals surface area contributed by atoms with Gasteiger partial charge in [0.05, 0.1) is 13.2 Å². The molecule has 1 rings (SSSR count). The average molecular weight is 251 g/mol. The fraction of sp³-hybridized carbons (Fsp3) is 0.600. The number of nitrogens with zero attached hydrogens (tertiary/aromatic N) is 1. The molecule has 0 saturated heterocycles. The molecule has 1 N–H and O–H groups in total. The lowest BCUT2D eigenvalue weighted by Crippen LogP contribution is -2.25. The largest absolute Gasteiger partial charge is 0.496 e. The van der Waals surface area contributed by atoms with Gasteiger partial charge in [0.2, 0.25) is 0 Å². The van der Waals surface area contributed by atoms with Crippen molar-refractivity contribution in [3.05, 3.63) is 23.8 Å². The summed E-state index contributed by atoms with van der Waals surface area (Å²) in [6, 6.07) is 5.89. The van der Waals surface area contributed by atoms with Crippen LogP contribution in [0.3, 0.4) is 0 Å². The van der Waals surface area contributed by atoms with Crippen molar-refractivity contribution in [1.29, 1.82) is 0 Å². The highest BCUT2D eigenvalue weighted by molar-refractivity contribution is 5.60. The number of anilines is 1. The van der Waals surface area contributed by atoms with Crippen molar-refractivity contribution in [2.24, 2.45) is 5.92 Å². The third-order valence-electron chi connectivity index (χ3n) is 3.37. The maximum absolute atomic E-state index is 9.95. The van der Waals surface area contributed by atoms with Gasteiger partial charge in [0.25, 0.3) is 0 Å². The summed E-state index contributed by atoms with van der Waals surface area (Å²) in [5.41, 5.74) is 1.91. The van der Waals surface area contributed by atoms with Crippen LogP contribution < -0.4 is 9.64 Å². The molecule has 0 radical (unpaired) electrons. The third-order valence-corrected chi connectivity index (χ3v) is 3.37. The van der Waals surface area contributed by atoms with Crippen molar-refractivity contribution in [1.82, 2.24) is 0 Å². The monoisotopic (exact) mass is 251 g/mol. The molecule has 0 aliphatic rings. The van der Waals surface area contributed by atoms with Crippen molar-refractivity contribution >= 4 is 5.69 Å². The summed E-state index contributed by atoms with van der Waals surface area (Å²) in [4.78, 5) is 2.19. The van der Waals surface area contributed by atoms with Crippen LogP contribution in [0.5, 0.6) is 5.75 Å². The van der Waals surface area contributed by atoms with Crippen LogP contribution in [0.15, 0.2) is 18.2 Å².